The molecule has 2 aromatic rings. The van der Waals surface area contributed by atoms with Gasteiger partial charge >= 0.3 is 6.36 Å². The Hall–Kier alpha value is -2.88. The third-order valence-corrected chi connectivity index (χ3v) is 3.25. The van der Waals surface area contributed by atoms with Crippen molar-refractivity contribution in [3.8, 4) is 11.8 Å². The Morgan fingerprint density at radius 3 is 2.46 bits per heavy atom. The molecule has 1 aromatic carbocycles. The minimum Gasteiger partial charge on any atom is -0.406 e. The van der Waals surface area contributed by atoms with Gasteiger partial charge in [0.05, 0.1) is 11.8 Å². The molecular weight excluding hydrogens is 321 g/mol. The van der Waals surface area contributed by atoms with Crippen molar-refractivity contribution in [1.29, 1.82) is 5.26 Å². The number of hydrogen-bond donors (Lipinski definition) is 0. The molecule has 1 unspecified atom stereocenters. The molecule has 4 nitrogen and oxygen atoms in total. The highest BCUT2D eigenvalue weighted by atomic mass is 19.4. The number of halogens is 3. The second-order valence-electron chi connectivity index (χ2n) is 4.97. The van der Waals surface area contributed by atoms with Crippen LogP contribution >= 0.6 is 0 Å². The quantitative estimate of drug-likeness (QED) is 0.806. The summed E-state index contributed by atoms with van der Waals surface area (Å²) in [6, 6.07) is 12.2. The second-order valence-corrected chi connectivity index (χ2v) is 4.97. The molecular formula is C17H13F3N2O2. The predicted octanol–water partition coefficient (Wildman–Crippen LogP) is 3.79. The first-order valence-electron chi connectivity index (χ1n) is 7.07. The van der Waals surface area contributed by atoms with Gasteiger partial charge < -0.3 is 4.74 Å². The maximum atomic E-state index is 12.2. The molecule has 0 saturated carbocycles. The van der Waals surface area contributed by atoms with E-state index in [1.54, 1.807) is 18.2 Å². The Morgan fingerprint density at radius 2 is 1.92 bits per heavy atom. The van der Waals surface area contributed by atoms with Crippen molar-refractivity contribution in [2.24, 2.45) is 0 Å². The molecule has 1 aromatic heterocycles. The van der Waals surface area contributed by atoms with E-state index in [1.807, 2.05) is 6.07 Å². The number of pyridine rings is 1. The number of ketones is 1. The van der Waals surface area contributed by atoms with Crippen molar-refractivity contribution >= 4 is 5.78 Å². The van der Waals surface area contributed by atoms with Crippen molar-refractivity contribution in [2.45, 2.75) is 25.1 Å². The van der Waals surface area contributed by atoms with Crippen LogP contribution in [0.4, 0.5) is 13.2 Å². The summed E-state index contributed by atoms with van der Waals surface area (Å²) in [5.74, 6) is -1.55. The number of benzene rings is 1. The first-order chi connectivity index (χ1) is 11.4. The number of rotatable bonds is 6. The van der Waals surface area contributed by atoms with Crippen LogP contribution in [0.15, 0.2) is 48.7 Å². The van der Waals surface area contributed by atoms with Gasteiger partial charge in [-0.05, 0) is 36.2 Å². The van der Waals surface area contributed by atoms with Crippen LogP contribution in [0.3, 0.4) is 0 Å². The molecule has 24 heavy (non-hydrogen) atoms. The van der Waals surface area contributed by atoms with E-state index >= 15 is 0 Å². The zero-order valence-electron chi connectivity index (χ0n) is 12.5. The highest BCUT2D eigenvalue weighted by molar-refractivity contribution is 5.88. The van der Waals surface area contributed by atoms with Gasteiger partial charge in [0.25, 0.3) is 0 Å². The fraction of sp³-hybridized carbons (Fsp3) is 0.235. The molecule has 0 amide bonds. The highest BCUT2D eigenvalue weighted by Crippen LogP contribution is 2.23. The van der Waals surface area contributed by atoms with Gasteiger partial charge in [-0.1, -0.05) is 18.2 Å². The predicted molar refractivity (Wildman–Crippen MR) is 79.0 cm³/mol. The minimum atomic E-state index is -4.74. The lowest BCUT2D eigenvalue weighted by molar-refractivity contribution is -0.274. The number of nitriles is 1. The largest absolute Gasteiger partial charge is 0.573 e. The summed E-state index contributed by atoms with van der Waals surface area (Å²) in [4.78, 5) is 16.2. The number of Topliss-reactive ketones (excluding diaryl/α,β-unsaturated/α-hetero) is 1. The summed E-state index contributed by atoms with van der Waals surface area (Å²) in [5, 5.41) is 9.16. The summed E-state index contributed by atoms with van der Waals surface area (Å²) < 4.78 is 40.0. The van der Waals surface area contributed by atoms with Gasteiger partial charge in [-0.2, -0.15) is 5.26 Å². The van der Waals surface area contributed by atoms with Gasteiger partial charge in [-0.15, -0.1) is 13.2 Å². The Kier molecular flexibility index (Phi) is 5.53. The maximum Gasteiger partial charge on any atom is 0.573 e. The van der Waals surface area contributed by atoms with Crippen molar-refractivity contribution < 1.29 is 22.7 Å². The molecule has 7 heteroatoms. The summed E-state index contributed by atoms with van der Waals surface area (Å²) in [5.41, 5.74) is 1.06. The maximum absolute atomic E-state index is 12.2. The number of aromatic nitrogens is 1. The molecule has 1 atom stereocenters. The number of carbonyl (C=O) groups is 1. The van der Waals surface area contributed by atoms with Crippen LogP contribution in [0.25, 0.3) is 0 Å². The molecule has 124 valence electrons. The first-order valence-corrected chi connectivity index (χ1v) is 7.07. The molecule has 0 aliphatic heterocycles. The van der Waals surface area contributed by atoms with Crippen molar-refractivity contribution in [3.05, 3.63) is 59.9 Å². The molecule has 0 spiro atoms. The van der Waals surface area contributed by atoms with Crippen LogP contribution in [-0.2, 0) is 11.2 Å². The topological polar surface area (TPSA) is 63.0 Å². The molecule has 0 bridgehead atoms. The van der Waals surface area contributed by atoms with Gasteiger partial charge in [0.1, 0.15) is 11.7 Å². The Morgan fingerprint density at radius 1 is 1.21 bits per heavy atom. The summed E-state index contributed by atoms with van der Waals surface area (Å²) in [6.45, 7) is 0. The number of carbonyl (C=O) groups excluding carboxylic acids is 1. The Labute approximate surface area is 136 Å². The lowest BCUT2D eigenvalue weighted by Crippen LogP contribution is -2.17. The van der Waals surface area contributed by atoms with Gasteiger partial charge in [-0.3, -0.25) is 9.78 Å². The fourth-order valence-electron chi connectivity index (χ4n) is 2.12. The van der Waals surface area contributed by atoms with Crippen molar-refractivity contribution in [2.75, 3.05) is 0 Å². The molecule has 0 aliphatic carbocycles. The van der Waals surface area contributed by atoms with Crippen molar-refractivity contribution in [3.63, 3.8) is 0 Å². The first kappa shape index (κ1) is 17.5. The molecule has 0 fully saturated rings. The lowest BCUT2D eigenvalue weighted by Gasteiger charge is -2.10. The molecule has 1 heterocycles. The number of nitrogens with zero attached hydrogens (tertiary/aromatic N) is 2. The minimum absolute atomic E-state index is 0.0915. The SMILES string of the molecule is N#CC(C(=O)CCc1ccc(OC(F)(F)F)cc1)c1ccccn1. The monoisotopic (exact) mass is 334 g/mol. The second kappa shape index (κ2) is 7.59. The summed E-state index contributed by atoms with van der Waals surface area (Å²) in [6.07, 6.45) is -2.82. The third kappa shape index (κ3) is 5.09. The van der Waals surface area contributed by atoms with Gasteiger partial charge in [0, 0.05) is 12.6 Å². The summed E-state index contributed by atoms with van der Waals surface area (Å²) >= 11 is 0. The van der Waals surface area contributed by atoms with E-state index in [1.165, 1.54) is 30.5 Å². The molecule has 2 rings (SSSR count). The van der Waals surface area contributed by atoms with Crippen LogP contribution in [0, 0.1) is 11.3 Å². The number of hydrogen-bond acceptors (Lipinski definition) is 4. The van der Waals surface area contributed by atoms with E-state index in [9.17, 15) is 18.0 Å². The molecule has 0 saturated heterocycles. The zero-order chi connectivity index (χ0) is 17.6. The normalized spacial score (nSPS) is 12.2. The molecule has 0 radical (unpaired) electrons. The highest BCUT2D eigenvalue weighted by Gasteiger charge is 2.31. The van der Waals surface area contributed by atoms with E-state index in [2.05, 4.69) is 9.72 Å². The Bertz CT molecular complexity index is 722. The average molecular weight is 334 g/mol. The average Bonchev–Trinajstić information content (AvgIpc) is 2.54. The lowest BCUT2D eigenvalue weighted by atomic mass is 9.96. The number of alkyl halides is 3. The number of aryl methyl sites for hydroxylation is 1. The van der Waals surface area contributed by atoms with E-state index < -0.39 is 12.3 Å². The van der Waals surface area contributed by atoms with Crippen LogP contribution in [-0.4, -0.2) is 17.1 Å². The Balaban J connectivity index is 1.95. The fourth-order valence-corrected chi connectivity index (χ4v) is 2.12. The molecule has 0 aliphatic rings. The van der Waals surface area contributed by atoms with Crippen LogP contribution in [0.2, 0.25) is 0 Å². The van der Waals surface area contributed by atoms with E-state index in [0.29, 0.717) is 17.7 Å². The zero-order valence-corrected chi connectivity index (χ0v) is 12.5. The van der Waals surface area contributed by atoms with Crippen molar-refractivity contribution in [1.82, 2.24) is 4.98 Å². The van der Waals surface area contributed by atoms with E-state index in [0.717, 1.165) is 0 Å². The van der Waals surface area contributed by atoms with Gasteiger partial charge in [0.15, 0.2) is 5.78 Å². The molecule has 0 N–H and O–H groups in total. The van der Waals surface area contributed by atoms with Crippen LogP contribution < -0.4 is 4.74 Å². The van der Waals surface area contributed by atoms with Gasteiger partial charge in [0.2, 0.25) is 0 Å². The van der Waals surface area contributed by atoms with Crippen LogP contribution in [0.5, 0.6) is 5.75 Å². The van der Waals surface area contributed by atoms with E-state index in [-0.39, 0.29) is 18.0 Å². The summed E-state index contributed by atoms with van der Waals surface area (Å²) in [7, 11) is 0. The third-order valence-electron chi connectivity index (χ3n) is 3.25. The number of ether oxygens (including phenoxy) is 1. The standard InChI is InChI=1S/C17H13F3N2O2/c18-17(19,20)24-13-7-4-12(5-8-13)6-9-16(23)14(11-21)15-3-1-2-10-22-15/h1-5,7-8,10,14H,6,9H2. The van der Waals surface area contributed by atoms with Gasteiger partial charge in [-0.25, -0.2) is 0 Å². The van der Waals surface area contributed by atoms with E-state index in [4.69, 9.17) is 5.26 Å². The smallest absolute Gasteiger partial charge is 0.406 e. The van der Waals surface area contributed by atoms with Crippen LogP contribution in [0.1, 0.15) is 23.6 Å².